The molecule has 0 unspecified atom stereocenters. The van der Waals surface area contributed by atoms with Crippen LogP contribution in [0.3, 0.4) is 0 Å². The molecule has 0 aromatic heterocycles. The number of rotatable bonds is 18. The largest absolute Gasteiger partial charge is 0.394 e. The Balaban J connectivity index is 1.30. The minimum Gasteiger partial charge on any atom is -0.394 e. The van der Waals surface area contributed by atoms with Crippen molar-refractivity contribution in [3.05, 3.63) is 0 Å². The summed E-state index contributed by atoms with van der Waals surface area (Å²) in [6, 6.07) is -3.46. The van der Waals surface area contributed by atoms with Crippen molar-refractivity contribution < 1.29 is 154 Å². The van der Waals surface area contributed by atoms with Crippen molar-refractivity contribution in [3.8, 4) is 0 Å². The first-order valence-electron chi connectivity index (χ1n) is 23.1. The monoisotopic (exact) mass is 1070 g/mol. The van der Waals surface area contributed by atoms with Gasteiger partial charge < -0.3 is 155 Å². The Bertz CT molecular complexity index is 1740. The number of ether oxygens (including phenoxy) is 11. The second-order valence-corrected chi connectivity index (χ2v) is 18.3. The minimum atomic E-state index is -2.27. The van der Waals surface area contributed by atoms with E-state index in [1.165, 1.54) is 0 Å². The summed E-state index contributed by atoms with van der Waals surface area (Å²) in [4.78, 5) is 25.2. The molecule has 6 aliphatic rings. The van der Waals surface area contributed by atoms with Crippen molar-refractivity contribution >= 4 is 11.8 Å². The van der Waals surface area contributed by atoms with E-state index < -0.39 is 236 Å². The molecule has 6 rings (SSSR count). The van der Waals surface area contributed by atoms with Crippen LogP contribution in [0.1, 0.15) is 13.8 Å². The number of aliphatic hydroxyl groups is 18. The maximum Gasteiger partial charge on any atom is 0.217 e. The molecule has 0 bridgehead atoms. The van der Waals surface area contributed by atoms with E-state index in [0.717, 1.165) is 13.8 Å². The van der Waals surface area contributed by atoms with Crippen LogP contribution in [0, 0.1) is 0 Å². The lowest BCUT2D eigenvalue weighted by Crippen LogP contribution is -2.70. The maximum atomic E-state index is 12.7. The second-order valence-electron chi connectivity index (χ2n) is 18.3. The highest BCUT2D eigenvalue weighted by molar-refractivity contribution is 5.73. The van der Waals surface area contributed by atoms with Gasteiger partial charge in [-0.15, -0.1) is 0 Å². The van der Waals surface area contributed by atoms with E-state index in [1.807, 2.05) is 0 Å². The predicted octanol–water partition coefficient (Wildman–Crippen LogP) is -13.8. The van der Waals surface area contributed by atoms with E-state index in [4.69, 9.17) is 52.1 Å². The Morgan fingerprint density at radius 3 is 1.25 bits per heavy atom. The molecule has 33 nitrogen and oxygen atoms in total. The zero-order chi connectivity index (χ0) is 53.9. The van der Waals surface area contributed by atoms with Crippen molar-refractivity contribution in [3.63, 3.8) is 0 Å². The van der Waals surface area contributed by atoms with Gasteiger partial charge in [0.1, 0.15) is 146 Å². The quantitative estimate of drug-likeness (QED) is 0.0606. The van der Waals surface area contributed by atoms with Gasteiger partial charge in [0.25, 0.3) is 0 Å². The molecule has 0 aliphatic carbocycles. The highest BCUT2D eigenvalue weighted by atomic mass is 16.8. The normalized spacial score (nSPS) is 49.8. The van der Waals surface area contributed by atoms with Crippen molar-refractivity contribution in [2.45, 2.75) is 198 Å². The van der Waals surface area contributed by atoms with Gasteiger partial charge in [0.2, 0.25) is 11.8 Å². The summed E-state index contributed by atoms with van der Waals surface area (Å²) in [5, 5.41) is 196. The van der Waals surface area contributed by atoms with Gasteiger partial charge in [0.15, 0.2) is 37.7 Å². The molecule has 6 fully saturated rings. The van der Waals surface area contributed by atoms with Gasteiger partial charge in [-0.25, -0.2) is 0 Å². The van der Waals surface area contributed by atoms with Crippen LogP contribution in [0.5, 0.6) is 0 Å². The maximum absolute atomic E-state index is 12.7. The van der Waals surface area contributed by atoms with Gasteiger partial charge in [0, 0.05) is 13.8 Å². The molecular formula is C40H68N2O31. The first-order valence-corrected chi connectivity index (χ1v) is 23.1. The SMILES string of the molecule is CC(=O)N[C@H]1[C@H](OC[C@H]2O[C@@H](O[C@H]3[C@H](O)[C@@H](O)[C@H](O)O[C@@H]3CO)[C@H](O)[C@@H](O[C@@H]3O[C@H](CO)[C@@H](O)[C@H](O[C@@H]4O[C@H](CO)[C@H](O)[C@H](O)[C@H]4O)[C@H]3NC(C)=O)[C@H]2O)O[C@H](CO)[C@@H](O[C@@H]2O[C@H](CO)[C@H](O)[C@H](O)[C@H]2O)[C@@H]1O. The van der Waals surface area contributed by atoms with Crippen LogP contribution in [0.4, 0.5) is 0 Å². The number of carbonyl (C=O) groups is 2. The Morgan fingerprint density at radius 2 is 0.740 bits per heavy atom. The molecule has 6 aliphatic heterocycles. The van der Waals surface area contributed by atoms with Gasteiger partial charge in [-0.1, -0.05) is 0 Å². The zero-order valence-electron chi connectivity index (χ0n) is 38.9. The van der Waals surface area contributed by atoms with E-state index in [2.05, 4.69) is 10.6 Å². The van der Waals surface area contributed by atoms with Gasteiger partial charge in [-0.05, 0) is 0 Å². The Hall–Kier alpha value is -2.22. The molecule has 2 amide bonds. The Morgan fingerprint density at radius 1 is 0.356 bits per heavy atom. The average molecular weight is 1070 g/mol. The summed E-state index contributed by atoms with van der Waals surface area (Å²) >= 11 is 0. The zero-order valence-corrected chi connectivity index (χ0v) is 38.9. The number of amides is 2. The van der Waals surface area contributed by atoms with Crippen molar-refractivity contribution in [2.75, 3.05) is 39.6 Å². The summed E-state index contributed by atoms with van der Waals surface area (Å²) in [5.41, 5.74) is 0. The van der Waals surface area contributed by atoms with Gasteiger partial charge in [0.05, 0.1) is 39.6 Å². The van der Waals surface area contributed by atoms with E-state index in [1.54, 1.807) is 0 Å². The summed E-state index contributed by atoms with van der Waals surface area (Å²) in [6.45, 7) is -3.66. The van der Waals surface area contributed by atoms with Crippen LogP contribution in [-0.2, 0) is 61.7 Å². The number of aliphatic hydroxyl groups excluding tert-OH is 18. The standard InChI is InChI=1S/C40H68N2O31/c1-9(48)41-17-23(54)31(70-38-28(59)24(55)19(50)11(3-43)66-38)15(7-47)68-36(17)63-8-16-22(53)34(30(61)40(69-16)71-32-14(6-46)64-35(62)27(58)26(32)57)73-37-18(42-10(2)49)33(21(52)13(5-45)65-37)72-39-29(60)25(56)20(51)12(4-44)67-39/h11-40,43-47,50-62H,3-8H2,1-2H3,(H,41,48)(H,42,49)/t11-,12-,13-,14-,15-,16-,17-,18-,19+,20+,21-,22+,23-,24+,25+,26-,27-,28-,29-,30-,31-,32-,33-,34+,35-,36-,37+,38+,39+,40+/m1/s1. The topological polar surface area (TPSA) is 524 Å². The van der Waals surface area contributed by atoms with E-state index in [9.17, 15) is 102 Å². The molecule has 73 heavy (non-hydrogen) atoms. The van der Waals surface area contributed by atoms with E-state index >= 15 is 0 Å². The molecule has 0 aromatic carbocycles. The fraction of sp³-hybridized carbons (Fsp3) is 0.950. The molecule has 6 heterocycles. The lowest BCUT2D eigenvalue weighted by molar-refractivity contribution is -0.383. The van der Waals surface area contributed by atoms with Crippen LogP contribution in [0.25, 0.3) is 0 Å². The highest BCUT2D eigenvalue weighted by Gasteiger charge is 2.57. The molecular weight excluding hydrogens is 1000 g/mol. The number of hydrogen-bond donors (Lipinski definition) is 20. The predicted molar refractivity (Wildman–Crippen MR) is 222 cm³/mol. The molecule has 0 saturated carbocycles. The molecule has 0 aromatic rings. The highest BCUT2D eigenvalue weighted by Crippen LogP contribution is 2.36. The lowest BCUT2D eigenvalue weighted by atomic mass is 9.94. The van der Waals surface area contributed by atoms with Crippen LogP contribution < -0.4 is 10.6 Å². The smallest absolute Gasteiger partial charge is 0.217 e. The van der Waals surface area contributed by atoms with Crippen LogP contribution in [-0.4, -0.2) is 327 Å². The van der Waals surface area contributed by atoms with E-state index in [0.29, 0.717) is 0 Å². The second kappa shape index (κ2) is 26.0. The molecule has 424 valence electrons. The third kappa shape index (κ3) is 13.0. The molecule has 0 radical (unpaired) electrons. The van der Waals surface area contributed by atoms with Crippen molar-refractivity contribution in [1.29, 1.82) is 0 Å². The molecule has 6 saturated heterocycles. The molecule has 20 N–H and O–H groups in total. The van der Waals surface area contributed by atoms with Crippen molar-refractivity contribution in [1.82, 2.24) is 10.6 Å². The number of nitrogens with one attached hydrogen (secondary N) is 2. The van der Waals surface area contributed by atoms with Gasteiger partial charge in [-0.3, -0.25) is 9.59 Å². The Labute approximate surface area is 413 Å². The minimum absolute atomic E-state index is 0.811. The Kier molecular flexibility index (Phi) is 21.3. The van der Waals surface area contributed by atoms with Crippen LogP contribution >= 0.6 is 0 Å². The van der Waals surface area contributed by atoms with E-state index in [-0.39, 0.29) is 0 Å². The fourth-order valence-corrected chi connectivity index (χ4v) is 9.22. The lowest BCUT2D eigenvalue weighted by Gasteiger charge is -2.50. The molecule has 33 heteroatoms. The third-order valence-corrected chi connectivity index (χ3v) is 13.2. The average Bonchev–Trinajstić information content (AvgIpc) is 3.35. The summed E-state index contributed by atoms with van der Waals surface area (Å²) in [6.07, 6.45) is -53.4. The van der Waals surface area contributed by atoms with Gasteiger partial charge in [-0.2, -0.15) is 0 Å². The first-order chi connectivity index (χ1) is 34.5. The fourth-order valence-electron chi connectivity index (χ4n) is 9.22. The van der Waals surface area contributed by atoms with Gasteiger partial charge >= 0.3 is 0 Å². The summed E-state index contributed by atoms with van der Waals surface area (Å²) in [5.74, 6) is -1.68. The molecule has 0 spiro atoms. The first kappa shape index (κ1) is 60.0. The van der Waals surface area contributed by atoms with Crippen LogP contribution in [0.15, 0.2) is 0 Å². The van der Waals surface area contributed by atoms with Crippen LogP contribution in [0.2, 0.25) is 0 Å². The summed E-state index contributed by atoms with van der Waals surface area (Å²) < 4.78 is 62.9. The number of hydrogen-bond acceptors (Lipinski definition) is 31. The summed E-state index contributed by atoms with van der Waals surface area (Å²) in [7, 11) is 0. The molecule has 30 atom stereocenters. The van der Waals surface area contributed by atoms with Crippen molar-refractivity contribution in [2.24, 2.45) is 0 Å². The number of carbonyl (C=O) groups excluding carboxylic acids is 2. The third-order valence-electron chi connectivity index (χ3n) is 13.2.